The molecule has 1 heterocycles. The molecule has 1 aromatic heterocycles. The Balaban J connectivity index is 2.12. The lowest BCUT2D eigenvalue weighted by molar-refractivity contribution is 0.451. The van der Waals surface area contributed by atoms with E-state index in [1.165, 1.54) is 18.5 Å². The smallest absolute Gasteiger partial charge is 0.0416 e. The van der Waals surface area contributed by atoms with Crippen LogP contribution in [0.3, 0.4) is 0 Å². The minimum atomic E-state index is 0.828. The number of pyridine rings is 1. The molecule has 1 rings (SSSR count). The quantitative estimate of drug-likeness (QED) is 0.694. The monoisotopic (exact) mass is 206 g/mol. The van der Waals surface area contributed by atoms with E-state index in [4.69, 9.17) is 0 Å². The highest BCUT2D eigenvalue weighted by atomic mass is 14.9. The molecule has 0 saturated heterocycles. The highest BCUT2D eigenvalue weighted by Crippen LogP contribution is 2.04. The first-order chi connectivity index (χ1) is 7.36. The number of hydrogen-bond donors (Lipinski definition) is 1. The molecule has 1 N–H and O–H groups in total. The Morgan fingerprint density at radius 1 is 1.27 bits per heavy atom. The number of nitrogens with zero attached hydrogens (tertiary/aromatic N) is 1. The zero-order valence-corrected chi connectivity index (χ0v) is 9.87. The molecule has 2 nitrogen and oxygen atoms in total. The van der Waals surface area contributed by atoms with Crippen molar-refractivity contribution in [2.24, 2.45) is 5.92 Å². The minimum absolute atomic E-state index is 0.828. The SMILES string of the molecule is CCC(CC)CNCCc1ccccn1. The maximum absolute atomic E-state index is 4.30. The first-order valence-electron chi connectivity index (χ1n) is 5.97. The molecule has 0 radical (unpaired) electrons. The molecule has 0 aliphatic carbocycles. The summed E-state index contributed by atoms with van der Waals surface area (Å²) in [6.45, 7) is 6.69. The van der Waals surface area contributed by atoms with E-state index in [1.807, 2.05) is 18.3 Å². The van der Waals surface area contributed by atoms with Gasteiger partial charge in [-0.05, 0) is 24.6 Å². The van der Waals surface area contributed by atoms with E-state index < -0.39 is 0 Å². The van der Waals surface area contributed by atoms with Crippen molar-refractivity contribution in [2.75, 3.05) is 13.1 Å². The van der Waals surface area contributed by atoms with Gasteiger partial charge < -0.3 is 5.32 Å². The largest absolute Gasteiger partial charge is 0.316 e. The minimum Gasteiger partial charge on any atom is -0.316 e. The second-order valence-corrected chi connectivity index (χ2v) is 3.96. The number of aromatic nitrogens is 1. The van der Waals surface area contributed by atoms with Gasteiger partial charge in [-0.1, -0.05) is 32.8 Å². The summed E-state index contributed by atoms with van der Waals surface area (Å²) in [4.78, 5) is 4.30. The van der Waals surface area contributed by atoms with E-state index in [2.05, 4.69) is 30.2 Å². The summed E-state index contributed by atoms with van der Waals surface area (Å²) in [6, 6.07) is 6.09. The van der Waals surface area contributed by atoms with Gasteiger partial charge in [0.2, 0.25) is 0 Å². The zero-order chi connectivity index (χ0) is 10.9. The molecule has 0 aliphatic rings. The highest BCUT2D eigenvalue weighted by molar-refractivity contribution is 5.03. The van der Waals surface area contributed by atoms with Crippen molar-refractivity contribution in [3.05, 3.63) is 30.1 Å². The average Bonchev–Trinajstić information content (AvgIpc) is 2.31. The third kappa shape index (κ3) is 4.93. The van der Waals surface area contributed by atoms with Crippen LogP contribution in [0.2, 0.25) is 0 Å². The normalized spacial score (nSPS) is 10.9. The Morgan fingerprint density at radius 3 is 2.67 bits per heavy atom. The van der Waals surface area contributed by atoms with Crippen LogP contribution in [0.4, 0.5) is 0 Å². The fourth-order valence-corrected chi connectivity index (χ4v) is 1.65. The Labute approximate surface area is 93.1 Å². The van der Waals surface area contributed by atoms with Gasteiger partial charge in [-0.3, -0.25) is 4.98 Å². The summed E-state index contributed by atoms with van der Waals surface area (Å²) in [5.41, 5.74) is 1.18. The van der Waals surface area contributed by atoms with Gasteiger partial charge in [0, 0.05) is 24.9 Å². The molecule has 0 unspecified atom stereocenters. The predicted molar refractivity (Wildman–Crippen MR) is 64.9 cm³/mol. The van der Waals surface area contributed by atoms with Crippen LogP contribution in [0.15, 0.2) is 24.4 Å². The lowest BCUT2D eigenvalue weighted by atomic mass is 10.0. The number of nitrogens with one attached hydrogen (secondary N) is 1. The molecule has 1 aromatic rings. The lowest BCUT2D eigenvalue weighted by Crippen LogP contribution is -2.24. The van der Waals surface area contributed by atoms with Gasteiger partial charge in [0.15, 0.2) is 0 Å². The lowest BCUT2D eigenvalue weighted by Gasteiger charge is -2.12. The molecule has 0 atom stereocenters. The van der Waals surface area contributed by atoms with Crippen LogP contribution in [-0.4, -0.2) is 18.1 Å². The molecule has 0 fully saturated rings. The topological polar surface area (TPSA) is 24.9 Å². The fraction of sp³-hybridized carbons (Fsp3) is 0.615. The van der Waals surface area contributed by atoms with E-state index in [1.54, 1.807) is 0 Å². The second kappa shape index (κ2) is 7.41. The molecule has 84 valence electrons. The standard InChI is InChI=1S/C13H22N2/c1-3-12(4-2)11-14-10-8-13-7-5-6-9-15-13/h5-7,9,12,14H,3-4,8,10-11H2,1-2H3. The highest BCUT2D eigenvalue weighted by Gasteiger charge is 2.01. The molecular formula is C13H22N2. The summed E-state index contributed by atoms with van der Waals surface area (Å²) >= 11 is 0. The van der Waals surface area contributed by atoms with Crippen molar-refractivity contribution in [1.29, 1.82) is 0 Å². The average molecular weight is 206 g/mol. The van der Waals surface area contributed by atoms with Crippen molar-refractivity contribution < 1.29 is 0 Å². The number of hydrogen-bond acceptors (Lipinski definition) is 2. The molecule has 0 saturated carbocycles. The van der Waals surface area contributed by atoms with Crippen LogP contribution in [0.1, 0.15) is 32.4 Å². The van der Waals surface area contributed by atoms with Crippen LogP contribution in [-0.2, 0) is 6.42 Å². The van der Waals surface area contributed by atoms with Crippen molar-refractivity contribution in [1.82, 2.24) is 10.3 Å². The molecular weight excluding hydrogens is 184 g/mol. The van der Waals surface area contributed by atoms with Crippen LogP contribution < -0.4 is 5.32 Å². The van der Waals surface area contributed by atoms with Crippen LogP contribution >= 0.6 is 0 Å². The molecule has 2 heteroatoms. The second-order valence-electron chi connectivity index (χ2n) is 3.96. The summed E-state index contributed by atoms with van der Waals surface area (Å²) < 4.78 is 0. The summed E-state index contributed by atoms with van der Waals surface area (Å²) in [5, 5.41) is 3.50. The summed E-state index contributed by atoms with van der Waals surface area (Å²) in [7, 11) is 0. The maximum Gasteiger partial charge on any atom is 0.0416 e. The van der Waals surface area contributed by atoms with E-state index in [0.717, 1.165) is 25.4 Å². The van der Waals surface area contributed by atoms with Gasteiger partial charge in [0.05, 0.1) is 0 Å². The fourth-order valence-electron chi connectivity index (χ4n) is 1.65. The van der Waals surface area contributed by atoms with E-state index in [0.29, 0.717) is 0 Å². The first kappa shape index (κ1) is 12.2. The van der Waals surface area contributed by atoms with Crippen LogP contribution in [0.5, 0.6) is 0 Å². The van der Waals surface area contributed by atoms with Crippen molar-refractivity contribution in [2.45, 2.75) is 33.1 Å². The van der Waals surface area contributed by atoms with E-state index in [9.17, 15) is 0 Å². The van der Waals surface area contributed by atoms with Crippen molar-refractivity contribution in [3.8, 4) is 0 Å². The molecule has 0 amide bonds. The van der Waals surface area contributed by atoms with Gasteiger partial charge in [-0.2, -0.15) is 0 Å². The Morgan fingerprint density at radius 2 is 2.07 bits per heavy atom. The summed E-state index contributed by atoms with van der Waals surface area (Å²) in [5.74, 6) is 0.828. The summed E-state index contributed by atoms with van der Waals surface area (Å²) in [6.07, 6.45) is 5.43. The van der Waals surface area contributed by atoms with Gasteiger partial charge in [0.1, 0.15) is 0 Å². The van der Waals surface area contributed by atoms with Gasteiger partial charge in [-0.25, -0.2) is 0 Å². The van der Waals surface area contributed by atoms with Crippen molar-refractivity contribution in [3.63, 3.8) is 0 Å². The van der Waals surface area contributed by atoms with Crippen LogP contribution in [0, 0.1) is 5.92 Å². The molecule has 0 aliphatic heterocycles. The third-order valence-electron chi connectivity index (χ3n) is 2.87. The maximum atomic E-state index is 4.30. The number of rotatable bonds is 7. The van der Waals surface area contributed by atoms with E-state index in [-0.39, 0.29) is 0 Å². The van der Waals surface area contributed by atoms with Crippen LogP contribution in [0.25, 0.3) is 0 Å². The Hall–Kier alpha value is -0.890. The van der Waals surface area contributed by atoms with Gasteiger partial charge in [0.25, 0.3) is 0 Å². The van der Waals surface area contributed by atoms with Crippen molar-refractivity contribution >= 4 is 0 Å². The third-order valence-corrected chi connectivity index (χ3v) is 2.87. The zero-order valence-electron chi connectivity index (χ0n) is 9.87. The Bertz CT molecular complexity index is 242. The molecule has 0 bridgehead atoms. The van der Waals surface area contributed by atoms with Gasteiger partial charge in [-0.15, -0.1) is 0 Å². The van der Waals surface area contributed by atoms with E-state index >= 15 is 0 Å². The molecule has 0 spiro atoms. The molecule has 15 heavy (non-hydrogen) atoms. The molecule has 0 aromatic carbocycles. The predicted octanol–water partition coefficient (Wildman–Crippen LogP) is 2.65. The Kier molecular flexibility index (Phi) is 6.02. The van der Waals surface area contributed by atoms with Gasteiger partial charge >= 0.3 is 0 Å². The first-order valence-corrected chi connectivity index (χ1v) is 5.97.